The minimum atomic E-state index is -0.0581. The van der Waals surface area contributed by atoms with E-state index in [1.807, 2.05) is 18.2 Å². The summed E-state index contributed by atoms with van der Waals surface area (Å²) in [6.07, 6.45) is 2.05. The molecular weight excluding hydrogens is 372 g/mol. The predicted molar refractivity (Wildman–Crippen MR) is 110 cm³/mol. The van der Waals surface area contributed by atoms with E-state index in [1.54, 1.807) is 46.6 Å². The summed E-state index contributed by atoms with van der Waals surface area (Å²) < 4.78 is 21.5. The van der Waals surface area contributed by atoms with Crippen molar-refractivity contribution in [1.29, 1.82) is 0 Å². The standard InChI is InChI=1S/C22H28N2O5/c1-26-15-8-10-20(28-3)17(12-15)19-6-5-11-24(19)14-22(25)23-18-9-7-16(27-2)13-21(18)29-4/h7-10,12-13,19H,5-6,11,14H2,1-4H3,(H,23,25)/p+1/t19-/m0/s1. The van der Waals surface area contributed by atoms with Crippen molar-refractivity contribution in [3.8, 4) is 23.0 Å². The summed E-state index contributed by atoms with van der Waals surface area (Å²) in [5.41, 5.74) is 1.71. The molecule has 1 saturated heterocycles. The summed E-state index contributed by atoms with van der Waals surface area (Å²) in [7, 11) is 6.49. The molecule has 0 saturated carbocycles. The fraction of sp³-hybridized carbons (Fsp3) is 0.409. The lowest BCUT2D eigenvalue weighted by Gasteiger charge is -2.23. The van der Waals surface area contributed by atoms with Crippen molar-refractivity contribution in [1.82, 2.24) is 0 Å². The second-order valence-corrected chi connectivity index (χ2v) is 7.00. The van der Waals surface area contributed by atoms with Gasteiger partial charge in [-0.05, 0) is 30.3 Å². The van der Waals surface area contributed by atoms with Gasteiger partial charge in [-0.1, -0.05) is 0 Å². The Morgan fingerprint density at radius 2 is 1.66 bits per heavy atom. The summed E-state index contributed by atoms with van der Waals surface area (Å²) in [6, 6.07) is 11.3. The number of amides is 1. The van der Waals surface area contributed by atoms with E-state index in [0.29, 0.717) is 23.7 Å². The van der Waals surface area contributed by atoms with Crippen molar-refractivity contribution < 1.29 is 28.6 Å². The van der Waals surface area contributed by atoms with Crippen LogP contribution in [0.1, 0.15) is 24.4 Å². The second-order valence-electron chi connectivity index (χ2n) is 7.00. The van der Waals surface area contributed by atoms with Crippen LogP contribution in [-0.2, 0) is 4.79 Å². The molecule has 29 heavy (non-hydrogen) atoms. The van der Waals surface area contributed by atoms with E-state index in [-0.39, 0.29) is 11.9 Å². The van der Waals surface area contributed by atoms with Crippen molar-refractivity contribution in [3.05, 3.63) is 42.0 Å². The molecule has 2 aromatic rings. The second kappa shape index (κ2) is 9.52. The first-order valence-electron chi connectivity index (χ1n) is 9.68. The first-order chi connectivity index (χ1) is 14.1. The molecule has 1 aliphatic rings. The molecule has 1 heterocycles. The number of rotatable bonds is 8. The van der Waals surface area contributed by atoms with Crippen LogP contribution in [0, 0.1) is 0 Å². The van der Waals surface area contributed by atoms with Gasteiger partial charge in [-0.2, -0.15) is 0 Å². The predicted octanol–water partition coefficient (Wildman–Crippen LogP) is 2.08. The Morgan fingerprint density at radius 1 is 0.966 bits per heavy atom. The summed E-state index contributed by atoms with van der Waals surface area (Å²) in [5.74, 6) is 2.81. The summed E-state index contributed by atoms with van der Waals surface area (Å²) >= 11 is 0. The van der Waals surface area contributed by atoms with E-state index in [9.17, 15) is 4.79 Å². The third-order valence-electron chi connectivity index (χ3n) is 5.37. The normalized spacial score (nSPS) is 18.2. The summed E-state index contributed by atoms with van der Waals surface area (Å²) in [5, 5.41) is 2.97. The van der Waals surface area contributed by atoms with Gasteiger partial charge in [0.15, 0.2) is 6.54 Å². The van der Waals surface area contributed by atoms with E-state index < -0.39 is 0 Å². The van der Waals surface area contributed by atoms with E-state index >= 15 is 0 Å². The van der Waals surface area contributed by atoms with Gasteiger partial charge in [-0.3, -0.25) is 4.79 Å². The van der Waals surface area contributed by atoms with Gasteiger partial charge >= 0.3 is 0 Å². The van der Waals surface area contributed by atoms with E-state index in [4.69, 9.17) is 18.9 Å². The van der Waals surface area contributed by atoms with Gasteiger partial charge in [0.1, 0.15) is 29.0 Å². The number of carbonyl (C=O) groups is 1. The number of benzene rings is 2. The van der Waals surface area contributed by atoms with Crippen LogP contribution in [0.25, 0.3) is 0 Å². The third kappa shape index (κ3) is 4.74. The minimum Gasteiger partial charge on any atom is -0.497 e. The molecule has 7 heteroatoms. The molecule has 2 N–H and O–H groups in total. The molecule has 1 fully saturated rings. The molecule has 1 amide bonds. The Bertz CT molecular complexity index is 855. The number of ether oxygens (including phenoxy) is 4. The van der Waals surface area contributed by atoms with Gasteiger partial charge in [-0.15, -0.1) is 0 Å². The highest BCUT2D eigenvalue weighted by Crippen LogP contribution is 2.32. The molecule has 0 bridgehead atoms. The van der Waals surface area contributed by atoms with Crippen LogP contribution in [0.15, 0.2) is 36.4 Å². The van der Waals surface area contributed by atoms with Gasteiger partial charge in [0.05, 0.1) is 46.2 Å². The van der Waals surface area contributed by atoms with E-state index in [0.717, 1.165) is 36.4 Å². The molecule has 0 radical (unpaired) electrons. The molecule has 7 nitrogen and oxygen atoms in total. The highest BCUT2D eigenvalue weighted by Gasteiger charge is 2.34. The number of hydrogen-bond donors (Lipinski definition) is 2. The zero-order chi connectivity index (χ0) is 20.8. The first-order valence-corrected chi connectivity index (χ1v) is 9.68. The van der Waals surface area contributed by atoms with Gasteiger partial charge in [0.25, 0.3) is 5.91 Å². The quantitative estimate of drug-likeness (QED) is 0.709. The number of carbonyl (C=O) groups excluding carboxylic acids is 1. The van der Waals surface area contributed by atoms with E-state index in [1.165, 1.54) is 4.90 Å². The average molecular weight is 401 g/mol. The molecule has 1 aliphatic heterocycles. The van der Waals surface area contributed by atoms with Crippen LogP contribution in [-0.4, -0.2) is 47.4 Å². The average Bonchev–Trinajstić information content (AvgIpc) is 3.21. The Hall–Kier alpha value is -2.93. The molecule has 156 valence electrons. The lowest BCUT2D eigenvalue weighted by molar-refractivity contribution is -0.910. The SMILES string of the molecule is COc1ccc(NC(=O)C[NH+]2CCC[C@H]2c2cc(OC)ccc2OC)c(OC)c1. The Morgan fingerprint density at radius 3 is 2.34 bits per heavy atom. The van der Waals surface area contributed by atoms with Gasteiger partial charge < -0.3 is 29.2 Å². The number of methoxy groups -OCH3 is 4. The van der Waals surface area contributed by atoms with Crippen molar-refractivity contribution in [2.45, 2.75) is 18.9 Å². The van der Waals surface area contributed by atoms with Crippen molar-refractivity contribution in [3.63, 3.8) is 0 Å². The molecule has 0 spiro atoms. The maximum absolute atomic E-state index is 12.8. The highest BCUT2D eigenvalue weighted by atomic mass is 16.5. The maximum atomic E-state index is 12.8. The Kier molecular flexibility index (Phi) is 6.82. The van der Waals surface area contributed by atoms with Gasteiger partial charge in [0, 0.05) is 18.9 Å². The molecule has 0 aliphatic carbocycles. The van der Waals surface area contributed by atoms with Crippen LogP contribution in [0.4, 0.5) is 5.69 Å². The van der Waals surface area contributed by atoms with Crippen LogP contribution < -0.4 is 29.2 Å². The van der Waals surface area contributed by atoms with Gasteiger partial charge in [0.2, 0.25) is 0 Å². The number of likely N-dealkylation sites (tertiary alicyclic amines) is 1. The zero-order valence-electron chi connectivity index (χ0n) is 17.4. The first kappa shape index (κ1) is 20.8. The van der Waals surface area contributed by atoms with Crippen LogP contribution in [0.3, 0.4) is 0 Å². The maximum Gasteiger partial charge on any atom is 0.279 e. The number of quaternary nitrogens is 1. The summed E-state index contributed by atoms with van der Waals surface area (Å²) in [6.45, 7) is 1.29. The lowest BCUT2D eigenvalue weighted by atomic mass is 10.0. The molecule has 2 aromatic carbocycles. The lowest BCUT2D eigenvalue weighted by Crippen LogP contribution is -3.11. The molecule has 0 aromatic heterocycles. The topological polar surface area (TPSA) is 70.5 Å². The Balaban J connectivity index is 1.74. The van der Waals surface area contributed by atoms with Crippen LogP contribution in [0.5, 0.6) is 23.0 Å². The van der Waals surface area contributed by atoms with Crippen LogP contribution in [0.2, 0.25) is 0 Å². The smallest absolute Gasteiger partial charge is 0.279 e. The minimum absolute atomic E-state index is 0.0581. The molecular formula is C22H29N2O5+. The number of nitrogens with one attached hydrogen (secondary N) is 2. The number of anilines is 1. The Labute approximate surface area is 171 Å². The van der Waals surface area contributed by atoms with Crippen molar-refractivity contribution >= 4 is 11.6 Å². The summed E-state index contributed by atoms with van der Waals surface area (Å²) in [4.78, 5) is 14.0. The molecule has 2 atom stereocenters. The fourth-order valence-electron chi connectivity index (χ4n) is 3.91. The molecule has 1 unspecified atom stereocenters. The van der Waals surface area contributed by atoms with Gasteiger partial charge in [-0.25, -0.2) is 0 Å². The molecule has 3 rings (SSSR count). The van der Waals surface area contributed by atoms with Crippen molar-refractivity contribution in [2.75, 3.05) is 46.8 Å². The number of hydrogen-bond acceptors (Lipinski definition) is 5. The fourth-order valence-corrected chi connectivity index (χ4v) is 3.91. The monoisotopic (exact) mass is 401 g/mol. The zero-order valence-corrected chi connectivity index (χ0v) is 17.4. The largest absolute Gasteiger partial charge is 0.497 e. The van der Waals surface area contributed by atoms with Crippen LogP contribution >= 0.6 is 0 Å². The van der Waals surface area contributed by atoms with Crippen molar-refractivity contribution in [2.24, 2.45) is 0 Å². The van der Waals surface area contributed by atoms with E-state index in [2.05, 4.69) is 5.32 Å². The highest BCUT2D eigenvalue weighted by molar-refractivity contribution is 5.93. The third-order valence-corrected chi connectivity index (χ3v) is 5.37.